The Labute approximate surface area is 76.3 Å². The molecule has 0 aromatic carbocycles. The van der Waals surface area contributed by atoms with Crippen molar-refractivity contribution in [2.45, 2.75) is 26.4 Å². The normalized spacial score (nSPS) is 30.9. The number of hydrogen-bond donors (Lipinski definition) is 0. The van der Waals surface area contributed by atoms with Crippen molar-refractivity contribution in [1.82, 2.24) is 0 Å². The monoisotopic (exact) mass is 196 g/mol. The van der Waals surface area contributed by atoms with Gasteiger partial charge in [-0.3, -0.25) is 0 Å². The molecule has 0 saturated carbocycles. The van der Waals surface area contributed by atoms with Crippen LogP contribution in [0.4, 0.5) is 13.2 Å². The molecule has 0 aliphatic carbocycles. The first-order valence-corrected chi connectivity index (χ1v) is 4.57. The molecule has 0 amide bonds. The molecule has 1 nitrogen and oxygen atoms in total. The molecule has 0 bridgehead atoms. The molecule has 0 N–H and O–H groups in total. The highest BCUT2D eigenvalue weighted by molar-refractivity contribution is 4.81. The molecule has 1 saturated heterocycles. The average Bonchev–Trinajstić information content (AvgIpc) is 2.03. The second-order valence-electron chi connectivity index (χ2n) is 3.92. The van der Waals surface area contributed by atoms with Crippen LogP contribution in [0.25, 0.3) is 0 Å². The van der Waals surface area contributed by atoms with E-state index in [-0.39, 0.29) is 18.4 Å². The zero-order chi connectivity index (χ0) is 10.1. The van der Waals surface area contributed by atoms with Gasteiger partial charge in [0.1, 0.15) is 0 Å². The first-order chi connectivity index (χ1) is 5.93. The van der Waals surface area contributed by atoms with Crippen molar-refractivity contribution in [2.24, 2.45) is 17.8 Å². The second-order valence-corrected chi connectivity index (χ2v) is 3.92. The van der Waals surface area contributed by atoms with E-state index < -0.39 is 12.1 Å². The highest BCUT2D eigenvalue weighted by Crippen LogP contribution is 2.39. The fourth-order valence-corrected chi connectivity index (χ4v) is 1.89. The van der Waals surface area contributed by atoms with E-state index in [1.165, 1.54) is 0 Å². The lowest BCUT2D eigenvalue weighted by Crippen LogP contribution is -2.40. The van der Waals surface area contributed by atoms with Gasteiger partial charge in [-0.15, -0.1) is 0 Å². The second kappa shape index (κ2) is 3.86. The number of ether oxygens (including phenoxy) is 1. The molecule has 13 heavy (non-hydrogen) atoms. The standard InChI is InChI=1S/C9H15F3O/c1-6(2)7-3-4-13-5-8(7)9(10,11)12/h6-8H,3-5H2,1-2H3. The summed E-state index contributed by atoms with van der Waals surface area (Å²) in [5, 5.41) is 0. The van der Waals surface area contributed by atoms with Gasteiger partial charge >= 0.3 is 6.18 Å². The first kappa shape index (κ1) is 10.8. The Kier molecular flexibility index (Phi) is 3.22. The van der Waals surface area contributed by atoms with Gasteiger partial charge in [-0.2, -0.15) is 13.2 Å². The van der Waals surface area contributed by atoms with E-state index in [2.05, 4.69) is 0 Å². The van der Waals surface area contributed by atoms with Gasteiger partial charge in [0.25, 0.3) is 0 Å². The number of halogens is 3. The van der Waals surface area contributed by atoms with E-state index in [0.717, 1.165) is 0 Å². The summed E-state index contributed by atoms with van der Waals surface area (Å²) in [4.78, 5) is 0. The molecule has 1 rings (SSSR count). The number of rotatable bonds is 1. The molecule has 4 heteroatoms. The van der Waals surface area contributed by atoms with Crippen molar-refractivity contribution in [2.75, 3.05) is 13.2 Å². The zero-order valence-electron chi connectivity index (χ0n) is 7.90. The lowest BCUT2D eigenvalue weighted by atomic mass is 9.80. The Bertz CT molecular complexity index is 165. The van der Waals surface area contributed by atoms with Crippen molar-refractivity contribution in [3.8, 4) is 0 Å². The van der Waals surface area contributed by atoms with Crippen LogP contribution in [-0.2, 0) is 4.74 Å². The largest absolute Gasteiger partial charge is 0.394 e. The Balaban J connectivity index is 2.67. The molecule has 0 spiro atoms. The smallest absolute Gasteiger partial charge is 0.381 e. The van der Waals surface area contributed by atoms with Crippen molar-refractivity contribution in [3.63, 3.8) is 0 Å². The molecule has 78 valence electrons. The van der Waals surface area contributed by atoms with Crippen LogP contribution in [0.1, 0.15) is 20.3 Å². The maximum Gasteiger partial charge on any atom is 0.394 e. The molecule has 1 fully saturated rings. The molecular weight excluding hydrogens is 181 g/mol. The summed E-state index contributed by atoms with van der Waals surface area (Å²) in [5.74, 6) is -1.45. The molecular formula is C9H15F3O. The van der Waals surface area contributed by atoms with Gasteiger partial charge in [0.15, 0.2) is 0 Å². The molecule has 0 aromatic rings. The van der Waals surface area contributed by atoms with Crippen molar-refractivity contribution in [1.29, 1.82) is 0 Å². The van der Waals surface area contributed by atoms with Crippen molar-refractivity contribution in [3.05, 3.63) is 0 Å². The minimum atomic E-state index is -4.10. The highest BCUT2D eigenvalue weighted by Gasteiger charge is 2.46. The summed E-state index contributed by atoms with van der Waals surface area (Å²) in [6.45, 7) is 3.99. The quantitative estimate of drug-likeness (QED) is 0.626. The topological polar surface area (TPSA) is 9.23 Å². The van der Waals surface area contributed by atoms with E-state index in [9.17, 15) is 13.2 Å². The Morgan fingerprint density at radius 2 is 1.92 bits per heavy atom. The van der Waals surface area contributed by atoms with Gasteiger partial charge in [0.05, 0.1) is 12.5 Å². The van der Waals surface area contributed by atoms with Crippen LogP contribution < -0.4 is 0 Å². The van der Waals surface area contributed by atoms with E-state index in [4.69, 9.17) is 4.74 Å². The van der Waals surface area contributed by atoms with Crippen molar-refractivity contribution < 1.29 is 17.9 Å². The van der Waals surface area contributed by atoms with E-state index in [0.29, 0.717) is 13.0 Å². The lowest BCUT2D eigenvalue weighted by Gasteiger charge is -2.35. The van der Waals surface area contributed by atoms with Crippen LogP contribution in [0.5, 0.6) is 0 Å². The van der Waals surface area contributed by atoms with Crippen LogP contribution in [0.15, 0.2) is 0 Å². The number of alkyl halides is 3. The minimum Gasteiger partial charge on any atom is -0.381 e. The van der Waals surface area contributed by atoms with Crippen LogP contribution in [0, 0.1) is 17.8 Å². The van der Waals surface area contributed by atoms with E-state index in [1.807, 2.05) is 13.8 Å². The average molecular weight is 196 g/mol. The molecule has 0 radical (unpaired) electrons. The van der Waals surface area contributed by atoms with E-state index >= 15 is 0 Å². The summed E-state index contributed by atoms with van der Waals surface area (Å²) in [6.07, 6.45) is -3.57. The Hall–Kier alpha value is -0.250. The summed E-state index contributed by atoms with van der Waals surface area (Å²) >= 11 is 0. The molecule has 1 heterocycles. The van der Waals surface area contributed by atoms with Gasteiger partial charge < -0.3 is 4.74 Å². The number of hydrogen-bond acceptors (Lipinski definition) is 1. The maximum absolute atomic E-state index is 12.5. The molecule has 0 aromatic heterocycles. The summed E-state index contributed by atoms with van der Waals surface area (Å²) in [7, 11) is 0. The lowest BCUT2D eigenvalue weighted by molar-refractivity contribution is -0.220. The fraction of sp³-hybridized carbons (Fsp3) is 1.00. The van der Waals surface area contributed by atoms with Gasteiger partial charge in [-0.1, -0.05) is 13.8 Å². The predicted octanol–water partition coefficient (Wildman–Crippen LogP) is 2.86. The SMILES string of the molecule is CC(C)C1CCOCC1C(F)(F)F. The van der Waals surface area contributed by atoms with Crippen LogP contribution in [0.2, 0.25) is 0 Å². The molecule has 2 atom stereocenters. The van der Waals surface area contributed by atoms with Gasteiger partial charge in [-0.05, 0) is 18.3 Å². The zero-order valence-corrected chi connectivity index (χ0v) is 7.90. The highest BCUT2D eigenvalue weighted by atomic mass is 19.4. The van der Waals surface area contributed by atoms with Crippen molar-refractivity contribution >= 4 is 0 Å². The maximum atomic E-state index is 12.5. The van der Waals surface area contributed by atoms with Crippen LogP contribution >= 0.6 is 0 Å². The third-order valence-electron chi connectivity index (χ3n) is 2.69. The third kappa shape index (κ3) is 2.59. The molecule has 2 unspecified atom stereocenters. The van der Waals surface area contributed by atoms with Gasteiger partial charge in [0, 0.05) is 6.61 Å². The third-order valence-corrected chi connectivity index (χ3v) is 2.69. The Morgan fingerprint density at radius 1 is 1.31 bits per heavy atom. The fourth-order valence-electron chi connectivity index (χ4n) is 1.89. The van der Waals surface area contributed by atoms with Gasteiger partial charge in [0.2, 0.25) is 0 Å². The molecule has 1 aliphatic heterocycles. The van der Waals surface area contributed by atoms with Gasteiger partial charge in [-0.25, -0.2) is 0 Å². The van der Waals surface area contributed by atoms with Crippen LogP contribution in [0.3, 0.4) is 0 Å². The van der Waals surface area contributed by atoms with E-state index in [1.54, 1.807) is 0 Å². The first-order valence-electron chi connectivity index (χ1n) is 4.57. The summed E-state index contributed by atoms with van der Waals surface area (Å²) in [5.41, 5.74) is 0. The Morgan fingerprint density at radius 3 is 2.31 bits per heavy atom. The molecule has 1 aliphatic rings. The summed E-state index contributed by atoms with van der Waals surface area (Å²) in [6, 6.07) is 0. The van der Waals surface area contributed by atoms with Crippen LogP contribution in [-0.4, -0.2) is 19.4 Å². The minimum absolute atomic E-state index is 0.0792. The summed E-state index contributed by atoms with van der Waals surface area (Å²) < 4.78 is 42.3. The predicted molar refractivity (Wildman–Crippen MR) is 43.3 cm³/mol.